The van der Waals surface area contributed by atoms with Crippen molar-refractivity contribution >= 4 is 0 Å². The Labute approximate surface area is 122 Å². The first-order valence-corrected chi connectivity index (χ1v) is 8.23. The minimum absolute atomic E-state index is 0.235. The van der Waals surface area contributed by atoms with Crippen molar-refractivity contribution in [1.29, 1.82) is 0 Å². The summed E-state index contributed by atoms with van der Waals surface area (Å²) < 4.78 is 5.93. The van der Waals surface area contributed by atoms with Gasteiger partial charge < -0.3 is 10.1 Å². The molecule has 1 N–H and O–H groups in total. The Morgan fingerprint density at radius 1 is 1.20 bits per heavy atom. The first-order chi connectivity index (χ1) is 9.82. The Kier molecular flexibility index (Phi) is 4.42. The van der Waals surface area contributed by atoms with Gasteiger partial charge >= 0.3 is 0 Å². The van der Waals surface area contributed by atoms with Crippen LogP contribution in [0.15, 0.2) is 30.3 Å². The number of hydrogen-bond acceptors (Lipinski definition) is 2. The van der Waals surface area contributed by atoms with Crippen molar-refractivity contribution in [2.24, 2.45) is 0 Å². The third-order valence-corrected chi connectivity index (χ3v) is 5.01. The fourth-order valence-electron chi connectivity index (χ4n) is 3.43. The van der Waals surface area contributed by atoms with Gasteiger partial charge in [0, 0.05) is 24.6 Å². The zero-order valence-electron chi connectivity index (χ0n) is 12.6. The summed E-state index contributed by atoms with van der Waals surface area (Å²) in [4.78, 5) is 0. The molecule has 1 saturated carbocycles. The van der Waals surface area contributed by atoms with Crippen LogP contribution in [0.4, 0.5) is 0 Å². The summed E-state index contributed by atoms with van der Waals surface area (Å²) in [6, 6.07) is 11.8. The summed E-state index contributed by atoms with van der Waals surface area (Å²) in [7, 11) is 0. The maximum absolute atomic E-state index is 5.93. The van der Waals surface area contributed by atoms with E-state index < -0.39 is 0 Å². The van der Waals surface area contributed by atoms with Gasteiger partial charge in [-0.3, -0.25) is 0 Å². The molecule has 0 bridgehead atoms. The van der Waals surface area contributed by atoms with Crippen LogP contribution < -0.4 is 5.32 Å². The molecule has 2 nitrogen and oxygen atoms in total. The van der Waals surface area contributed by atoms with E-state index in [0.717, 1.165) is 25.6 Å². The van der Waals surface area contributed by atoms with Crippen molar-refractivity contribution in [1.82, 2.24) is 5.32 Å². The molecule has 2 heteroatoms. The molecule has 1 aromatic rings. The highest BCUT2D eigenvalue weighted by atomic mass is 16.5. The number of rotatable bonds is 7. The molecule has 1 aliphatic carbocycles. The molecule has 110 valence electrons. The van der Waals surface area contributed by atoms with E-state index in [-0.39, 0.29) is 5.41 Å². The molecular weight excluding hydrogens is 246 g/mol. The summed E-state index contributed by atoms with van der Waals surface area (Å²) in [5.41, 5.74) is 1.71. The van der Waals surface area contributed by atoms with Gasteiger partial charge in [0.1, 0.15) is 0 Å². The fraction of sp³-hybridized carbons (Fsp3) is 0.667. The minimum Gasteiger partial charge on any atom is -0.378 e. The van der Waals surface area contributed by atoms with E-state index in [2.05, 4.69) is 42.6 Å². The van der Waals surface area contributed by atoms with Crippen LogP contribution in [0.3, 0.4) is 0 Å². The van der Waals surface area contributed by atoms with Gasteiger partial charge in [0.15, 0.2) is 0 Å². The Morgan fingerprint density at radius 3 is 2.60 bits per heavy atom. The van der Waals surface area contributed by atoms with Crippen molar-refractivity contribution in [2.45, 2.75) is 63.0 Å². The van der Waals surface area contributed by atoms with Gasteiger partial charge in [-0.05, 0) is 44.1 Å². The lowest BCUT2D eigenvalue weighted by atomic mass is 9.73. The second-order valence-electron chi connectivity index (χ2n) is 6.49. The summed E-state index contributed by atoms with van der Waals surface area (Å²) in [5, 5.41) is 3.77. The van der Waals surface area contributed by atoms with E-state index in [1.165, 1.54) is 37.7 Å². The maximum Gasteiger partial charge on any atom is 0.0585 e. The lowest BCUT2D eigenvalue weighted by molar-refractivity contribution is 0.0799. The molecule has 1 heterocycles. The van der Waals surface area contributed by atoms with Crippen LogP contribution in [-0.4, -0.2) is 25.3 Å². The molecule has 1 aromatic carbocycles. The molecule has 2 atom stereocenters. The van der Waals surface area contributed by atoms with Gasteiger partial charge in [-0.2, -0.15) is 0 Å². The van der Waals surface area contributed by atoms with Crippen molar-refractivity contribution in [3.63, 3.8) is 0 Å². The third-order valence-electron chi connectivity index (χ3n) is 5.01. The highest BCUT2D eigenvalue weighted by molar-refractivity contribution is 5.26. The number of benzene rings is 1. The van der Waals surface area contributed by atoms with Crippen LogP contribution in [0.5, 0.6) is 0 Å². The molecule has 2 fully saturated rings. The normalized spacial score (nSPS) is 25.6. The first kappa shape index (κ1) is 14.1. The summed E-state index contributed by atoms with van der Waals surface area (Å²) >= 11 is 0. The van der Waals surface area contributed by atoms with Crippen LogP contribution in [0, 0.1) is 0 Å². The van der Waals surface area contributed by atoms with Gasteiger partial charge in [0.25, 0.3) is 0 Å². The lowest BCUT2D eigenvalue weighted by Gasteiger charge is -2.36. The first-order valence-electron chi connectivity index (χ1n) is 8.23. The zero-order chi connectivity index (χ0) is 13.8. The summed E-state index contributed by atoms with van der Waals surface area (Å²) in [5.74, 6) is 0. The van der Waals surface area contributed by atoms with Crippen LogP contribution in [0.25, 0.3) is 0 Å². The molecule has 1 aliphatic heterocycles. The Bertz CT molecular complexity index is 409. The number of hydrogen-bond donors (Lipinski definition) is 1. The standard InChI is InChI=1S/C18H27NO/c1-2-18(14-19-16-10-11-16,13-17-9-6-12-20-17)15-7-4-3-5-8-15/h3-5,7-8,16-17,19H,2,6,9-14H2,1H3. The second kappa shape index (κ2) is 6.28. The predicted octanol–water partition coefficient (Wildman–Crippen LogP) is 3.66. The SMILES string of the molecule is CCC(CNC1CC1)(CC1CCCO1)c1ccccc1. The van der Waals surface area contributed by atoms with Crippen molar-refractivity contribution in [3.05, 3.63) is 35.9 Å². The van der Waals surface area contributed by atoms with E-state index in [4.69, 9.17) is 4.74 Å². The van der Waals surface area contributed by atoms with Gasteiger partial charge in [-0.25, -0.2) is 0 Å². The van der Waals surface area contributed by atoms with Crippen molar-refractivity contribution in [2.75, 3.05) is 13.2 Å². The molecular formula is C18H27NO. The molecule has 2 aliphatic rings. The second-order valence-corrected chi connectivity index (χ2v) is 6.49. The summed E-state index contributed by atoms with van der Waals surface area (Å²) in [6.07, 6.45) is 7.97. The van der Waals surface area contributed by atoms with Gasteiger partial charge in [-0.15, -0.1) is 0 Å². The van der Waals surface area contributed by atoms with E-state index in [0.29, 0.717) is 6.10 Å². The highest BCUT2D eigenvalue weighted by Gasteiger charge is 2.36. The molecule has 0 aromatic heterocycles. The Morgan fingerprint density at radius 2 is 2.00 bits per heavy atom. The van der Waals surface area contributed by atoms with E-state index in [1.54, 1.807) is 0 Å². The molecule has 0 amide bonds. The molecule has 0 spiro atoms. The van der Waals surface area contributed by atoms with E-state index >= 15 is 0 Å². The Hall–Kier alpha value is -0.860. The molecule has 1 saturated heterocycles. The third kappa shape index (κ3) is 3.24. The van der Waals surface area contributed by atoms with Crippen molar-refractivity contribution < 1.29 is 4.74 Å². The molecule has 3 rings (SSSR count). The fourth-order valence-corrected chi connectivity index (χ4v) is 3.43. The van der Waals surface area contributed by atoms with E-state index in [9.17, 15) is 0 Å². The van der Waals surface area contributed by atoms with Crippen LogP contribution >= 0.6 is 0 Å². The molecule has 20 heavy (non-hydrogen) atoms. The quantitative estimate of drug-likeness (QED) is 0.818. The zero-order valence-corrected chi connectivity index (χ0v) is 12.6. The monoisotopic (exact) mass is 273 g/mol. The molecule has 0 radical (unpaired) electrons. The van der Waals surface area contributed by atoms with Crippen LogP contribution in [0.1, 0.15) is 51.0 Å². The average Bonchev–Trinajstić information content (AvgIpc) is 3.20. The topological polar surface area (TPSA) is 21.3 Å². The highest BCUT2D eigenvalue weighted by Crippen LogP contribution is 2.36. The Balaban J connectivity index is 1.78. The number of nitrogens with one attached hydrogen (secondary N) is 1. The summed E-state index contributed by atoms with van der Waals surface area (Å²) in [6.45, 7) is 4.38. The van der Waals surface area contributed by atoms with Crippen molar-refractivity contribution in [3.8, 4) is 0 Å². The van der Waals surface area contributed by atoms with Gasteiger partial charge in [0.2, 0.25) is 0 Å². The lowest BCUT2D eigenvalue weighted by Crippen LogP contribution is -2.41. The average molecular weight is 273 g/mol. The van der Waals surface area contributed by atoms with Crippen LogP contribution in [0.2, 0.25) is 0 Å². The predicted molar refractivity (Wildman–Crippen MR) is 83.0 cm³/mol. The smallest absolute Gasteiger partial charge is 0.0585 e. The number of ether oxygens (including phenoxy) is 1. The largest absolute Gasteiger partial charge is 0.378 e. The molecule has 2 unspecified atom stereocenters. The van der Waals surface area contributed by atoms with Gasteiger partial charge in [-0.1, -0.05) is 37.3 Å². The van der Waals surface area contributed by atoms with Crippen LogP contribution in [-0.2, 0) is 10.2 Å². The van der Waals surface area contributed by atoms with E-state index in [1.807, 2.05) is 0 Å². The van der Waals surface area contributed by atoms with Gasteiger partial charge in [0.05, 0.1) is 6.10 Å². The maximum atomic E-state index is 5.93. The minimum atomic E-state index is 0.235.